The third kappa shape index (κ3) is 3.04. The Morgan fingerprint density at radius 2 is 1.54 bits per heavy atom. The van der Waals surface area contributed by atoms with Gasteiger partial charge in [0.25, 0.3) is 0 Å². The van der Waals surface area contributed by atoms with E-state index in [-0.39, 0.29) is 17.7 Å². The Bertz CT molecular complexity index is 1680. The van der Waals surface area contributed by atoms with Crippen molar-refractivity contribution in [2.24, 2.45) is 7.05 Å². The van der Waals surface area contributed by atoms with Crippen LogP contribution in [0.2, 0.25) is 5.02 Å². The molecule has 0 fully saturated rings. The summed E-state index contributed by atoms with van der Waals surface area (Å²) < 4.78 is 2.27. The van der Waals surface area contributed by atoms with E-state index >= 15 is 0 Å². The molecule has 1 aliphatic heterocycles. The standard InChI is InChI=1S/C33H27ClN2O/c1-20-11-13-22(14-12-20)27-19-25(21-15-17-23(34)18-16-21)30-24-7-3-6-10-29(24)36(2)31(30)33(27)26-8-4-5-9-28(26)35-32(33)37/h3-18,25,27H,19H2,1-2H3,(H,35,37)/t25-,27+,33-/m1/s1. The fourth-order valence-electron chi connectivity index (χ4n) is 6.99. The molecule has 182 valence electrons. The summed E-state index contributed by atoms with van der Waals surface area (Å²) in [6.07, 6.45) is 0.813. The van der Waals surface area contributed by atoms with E-state index in [4.69, 9.17) is 11.6 Å². The number of benzene rings is 4. The van der Waals surface area contributed by atoms with Gasteiger partial charge in [0.05, 0.1) is 0 Å². The zero-order chi connectivity index (χ0) is 25.3. The molecule has 3 atom stereocenters. The number of anilines is 1. The summed E-state index contributed by atoms with van der Waals surface area (Å²) in [7, 11) is 2.12. The molecule has 0 saturated carbocycles. The van der Waals surface area contributed by atoms with Crippen LogP contribution >= 0.6 is 11.6 Å². The van der Waals surface area contributed by atoms with Gasteiger partial charge >= 0.3 is 0 Å². The molecular weight excluding hydrogens is 476 g/mol. The number of hydrogen-bond donors (Lipinski definition) is 1. The van der Waals surface area contributed by atoms with Crippen molar-refractivity contribution in [3.63, 3.8) is 0 Å². The second-order valence-corrected chi connectivity index (χ2v) is 10.9. The first kappa shape index (κ1) is 22.4. The van der Waals surface area contributed by atoms with Crippen LogP contribution in [0.5, 0.6) is 0 Å². The van der Waals surface area contributed by atoms with E-state index in [2.05, 4.69) is 96.7 Å². The maximum Gasteiger partial charge on any atom is 0.241 e. The maximum atomic E-state index is 14.4. The number of carbonyl (C=O) groups excluding carboxylic acids is 1. The quantitative estimate of drug-likeness (QED) is 0.263. The van der Waals surface area contributed by atoms with E-state index in [1.165, 1.54) is 27.6 Å². The van der Waals surface area contributed by atoms with Gasteiger partial charge in [-0.25, -0.2) is 0 Å². The number of para-hydroxylation sites is 2. The van der Waals surface area contributed by atoms with Crippen LogP contribution in [-0.2, 0) is 17.3 Å². The van der Waals surface area contributed by atoms with Crippen LogP contribution < -0.4 is 5.32 Å². The fraction of sp³-hybridized carbons (Fsp3) is 0.182. The third-order valence-electron chi connectivity index (χ3n) is 8.57. The van der Waals surface area contributed by atoms with Gasteiger partial charge in [-0.2, -0.15) is 0 Å². The number of nitrogens with zero attached hydrogens (tertiary/aromatic N) is 1. The van der Waals surface area contributed by atoms with E-state index in [0.717, 1.165) is 33.9 Å². The van der Waals surface area contributed by atoms with Crippen molar-refractivity contribution in [1.82, 2.24) is 4.57 Å². The lowest BCUT2D eigenvalue weighted by atomic mass is 9.57. The molecule has 0 bridgehead atoms. The number of halogens is 1. The Labute approximate surface area is 221 Å². The predicted octanol–water partition coefficient (Wildman–Crippen LogP) is 7.70. The van der Waals surface area contributed by atoms with Gasteiger partial charge in [-0.05, 0) is 59.9 Å². The molecule has 1 spiro atoms. The molecule has 1 aromatic heterocycles. The van der Waals surface area contributed by atoms with Gasteiger partial charge in [0.2, 0.25) is 5.91 Å². The summed E-state index contributed by atoms with van der Waals surface area (Å²) in [5.74, 6) is 0.129. The van der Waals surface area contributed by atoms with Crippen molar-refractivity contribution in [2.75, 3.05) is 5.32 Å². The van der Waals surface area contributed by atoms with Crippen molar-refractivity contribution in [3.8, 4) is 0 Å². The van der Waals surface area contributed by atoms with Crippen LogP contribution in [0.15, 0.2) is 97.1 Å². The van der Waals surface area contributed by atoms with E-state index in [1.54, 1.807) is 0 Å². The minimum absolute atomic E-state index is 0.0482. The molecule has 0 unspecified atom stereocenters. The maximum absolute atomic E-state index is 14.4. The van der Waals surface area contributed by atoms with Crippen LogP contribution in [0.1, 0.15) is 51.8 Å². The largest absolute Gasteiger partial charge is 0.346 e. The van der Waals surface area contributed by atoms with Crippen LogP contribution in [0.3, 0.4) is 0 Å². The van der Waals surface area contributed by atoms with Crippen molar-refractivity contribution < 1.29 is 4.79 Å². The Morgan fingerprint density at radius 3 is 2.32 bits per heavy atom. The predicted molar refractivity (Wildman–Crippen MR) is 151 cm³/mol. The summed E-state index contributed by atoms with van der Waals surface area (Å²) in [4.78, 5) is 14.4. The van der Waals surface area contributed by atoms with Crippen LogP contribution in [0.4, 0.5) is 5.69 Å². The van der Waals surface area contributed by atoms with Gasteiger partial charge in [0.15, 0.2) is 0 Å². The van der Waals surface area contributed by atoms with Crippen molar-refractivity contribution >= 4 is 34.1 Å². The van der Waals surface area contributed by atoms with Gasteiger partial charge in [-0.15, -0.1) is 0 Å². The number of hydrogen-bond acceptors (Lipinski definition) is 1. The lowest BCUT2D eigenvalue weighted by molar-refractivity contribution is -0.120. The molecule has 2 aliphatic rings. The van der Waals surface area contributed by atoms with Gasteiger partial charge < -0.3 is 9.88 Å². The molecule has 4 aromatic carbocycles. The molecule has 7 rings (SSSR count). The highest BCUT2D eigenvalue weighted by atomic mass is 35.5. The van der Waals surface area contributed by atoms with Gasteiger partial charge in [0.1, 0.15) is 5.41 Å². The van der Waals surface area contributed by atoms with Crippen molar-refractivity contribution in [1.29, 1.82) is 0 Å². The monoisotopic (exact) mass is 502 g/mol. The zero-order valence-corrected chi connectivity index (χ0v) is 21.6. The van der Waals surface area contributed by atoms with Crippen LogP contribution in [0.25, 0.3) is 10.9 Å². The number of rotatable bonds is 2. The van der Waals surface area contributed by atoms with Gasteiger partial charge in [-0.3, -0.25) is 4.79 Å². The summed E-state index contributed by atoms with van der Waals surface area (Å²) >= 11 is 6.31. The molecule has 0 saturated heterocycles. The molecule has 0 radical (unpaired) electrons. The lowest BCUT2D eigenvalue weighted by Crippen LogP contribution is -2.47. The van der Waals surface area contributed by atoms with E-state index in [0.29, 0.717) is 0 Å². The van der Waals surface area contributed by atoms with Crippen molar-refractivity contribution in [3.05, 3.63) is 136 Å². The minimum atomic E-state index is -0.835. The molecule has 4 heteroatoms. The summed E-state index contributed by atoms with van der Waals surface area (Å²) in [6, 6.07) is 33.8. The third-order valence-corrected chi connectivity index (χ3v) is 8.82. The zero-order valence-electron chi connectivity index (χ0n) is 20.8. The summed E-state index contributed by atoms with van der Waals surface area (Å²) in [5.41, 5.74) is 8.24. The van der Waals surface area contributed by atoms with E-state index < -0.39 is 5.41 Å². The molecule has 5 aromatic rings. The Balaban J connectivity index is 1.62. The van der Waals surface area contributed by atoms with Gasteiger partial charge in [-0.1, -0.05) is 90.0 Å². The summed E-state index contributed by atoms with van der Waals surface area (Å²) in [6.45, 7) is 2.11. The summed E-state index contributed by atoms with van der Waals surface area (Å²) in [5, 5.41) is 5.21. The highest BCUT2D eigenvalue weighted by Gasteiger charge is 2.60. The Morgan fingerprint density at radius 1 is 0.865 bits per heavy atom. The topological polar surface area (TPSA) is 34.0 Å². The molecule has 37 heavy (non-hydrogen) atoms. The molecule has 1 N–H and O–H groups in total. The molecule has 1 aliphatic carbocycles. The average Bonchev–Trinajstić information content (AvgIpc) is 3.38. The number of aromatic nitrogens is 1. The minimum Gasteiger partial charge on any atom is -0.346 e. The number of aryl methyl sites for hydroxylation is 2. The van der Waals surface area contributed by atoms with Gasteiger partial charge in [0, 0.05) is 46.2 Å². The molecule has 2 heterocycles. The molecule has 1 amide bonds. The van der Waals surface area contributed by atoms with Crippen molar-refractivity contribution in [2.45, 2.75) is 30.6 Å². The van der Waals surface area contributed by atoms with Crippen LogP contribution in [-0.4, -0.2) is 10.5 Å². The Kier molecular flexibility index (Phi) is 4.90. The SMILES string of the molecule is Cc1ccc([C@@H]2C[C@H](c3ccc(Cl)cc3)c3c(n(C)c4ccccc34)[C@]23C(=O)Nc2ccccc23)cc1. The molecular formula is C33H27ClN2O. The number of nitrogens with one attached hydrogen (secondary N) is 1. The Hall–Kier alpha value is -3.82. The smallest absolute Gasteiger partial charge is 0.241 e. The normalized spacial score (nSPS) is 22.2. The highest BCUT2D eigenvalue weighted by molar-refractivity contribution is 6.30. The number of amides is 1. The van der Waals surface area contributed by atoms with E-state index in [1.807, 2.05) is 24.3 Å². The second kappa shape index (κ2) is 8.09. The highest BCUT2D eigenvalue weighted by Crippen LogP contribution is 2.61. The first-order valence-electron chi connectivity index (χ1n) is 12.8. The van der Waals surface area contributed by atoms with E-state index in [9.17, 15) is 4.79 Å². The first-order chi connectivity index (χ1) is 18.0. The fourth-order valence-corrected chi connectivity index (χ4v) is 7.12. The second-order valence-electron chi connectivity index (χ2n) is 10.4. The number of fused-ring (bicyclic) bond motifs is 6. The average molecular weight is 503 g/mol. The van der Waals surface area contributed by atoms with Crippen LogP contribution in [0, 0.1) is 6.92 Å². The lowest BCUT2D eigenvalue weighted by Gasteiger charge is -2.44. The molecule has 3 nitrogen and oxygen atoms in total. The number of carbonyl (C=O) groups is 1. The first-order valence-corrected chi connectivity index (χ1v) is 13.2.